The topological polar surface area (TPSA) is 77.8 Å². The Morgan fingerprint density at radius 3 is 2.52 bits per heavy atom. The van der Waals surface area contributed by atoms with Gasteiger partial charge in [0.1, 0.15) is 5.78 Å². The van der Waals surface area contributed by atoms with E-state index in [-0.39, 0.29) is 41.3 Å². The van der Waals surface area contributed by atoms with Gasteiger partial charge in [-0.3, -0.25) is 4.79 Å². The lowest BCUT2D eigenvalue weighted by atomic mass is 9.51. The third-order valence-corrected chi connectivity index (χ3v) is 7.77. The maximum Gasteiger partial charge on any atom is 0.139 e. The molecular formula is C19H32O4. The van der Waals surface area contributed by atoms with Crippen LogP contribution < -0.4 is 0 Å². The molecule has 0 saturated heterocycles. The van der Waals surface area contributed by atoms with Crippen LogP contribution in [0.1, 0.15) is 65.2 Å². The van der Waals surface area contributed by atoms with Gasteiger partial charge >= 0.3 is 0 Å². The molecule has 3 rings (SSSR count). The van der Waals surface area contributed by atoms with Crippen LogP contribution in [0.25, 0.3) is 0 Å². The van der Waals surface area contributed by atoms with Crippen LogP contribution in [0, 0.1) is 28.6 Å². The number of aliphatic hydroxyl groups is 3. The summed E-state index contributed by atoms with van der Waals surface area (Å²) in [4.78, 5) is 12.3. The highest BCUT2D eigenvalue weighted by atomic mass is 16.3. The highest BCUT2D eigenvalue weighted by molar-refractivity contribution is 5.87. The number of hydrogen-bond donors (Lipinski definition) is 3. The number of ketones is 1. The Balaban J connectivity index is 1.84. The molecule has 3 saturated carbocycles. The summed E-state index contributed by atoms with van der Waals surface area (Å²) in [6.07, 6.45) is 5.58. The van der Waals surface area contributed by atoms with Crippen LogP contribution in [0.15, 0.2) is 0 Å². The average molecular weight is 324 g/mol. The number of hydrogen-bond acceptors (Lipinski definition) is 4. The Morgan fingerprint density at radius 2 is 1.83 bits per heavy atom. The van der Waals surface area contributed by atoms with Gasteiger partial charge in [-0.1, -0.05) is 13.8 Å². The Morgan fingerprint density at radius 1 is 1.09 bits per heavy atom. The van der Waals surface area contributed by atoms with Crippen LogP contribution >= 0.6 is 0 Å². The van der Waals surface area contributed by atoms with Gasteiger partial charge in [0, 0.05) is 18.4 Å². The van der Waals surface area contributed by atoms with Crippen molar-refractivity contribution in [3.63, 3.8) is 0 Å². The number of carbonyl (C=O) groups excluding carboxylic acids is 1. The van der Waals surface area contributed by atoms with Gasteiger partial charge in [0.15, 0.2) is 0 Å². The zero-order valence-corrected chi connectivity index (χ0v) is 14.5. The maximum atomic E-state index is 12.3. The van der Waals surface area contributed by atoms with Crippen LogP contribution in [-0.4, -0.2) is 39.9 Å². The van der Waals surface area contributed by atoms with E-state index in [1.54, 1.807) is 0 Å². The standard InChI is InChI=1S/C19H32O4/c1-18(8-5-13(21)11-12(18)7-10-20)15-6-9-19(2)14(17(15)23)3-4-16(19)22/h12-15,17,20-21,23H,3-11H2,1-2H3/t12?,13-,14?,15?,17-,18-,19-/m0/s1. The second kappa shape index (κ2) is 6.12. The fraction of sp³-hybridized carbons (Fsp3) is 0.947. The largest absolute Gasteiger partial charge is 0.396 e. The van der Waals surface area contributed by atoms with Crippen molar-refractivity contribution in [3.8, 4) is 0 Å². The van der Waals surface area contributed by atoms with Gasteiger partial charge in [0.2, 0.25) is 0 Å². The summed E-state index contributed by atoms with van der Waals surface area (Å²) in [6, 6.07) is 0. The summed E-state index contributed by atoms with van der Waals surface area (Å²) >= 11 is 0. The second-order valence-electron chi connectivity index (χ2n) is 8.76. The molecule has 3 unspecified atom stereocenters. The van der Waals surface area contributed by atoms with Crippen LogP contribution in [0.2, 0.25) is 0 Å². The van der Waals surface area contributed by atoms with Crippen molar-refractivity contribution < 1.29 is 20.1 Å². The molecule has 23 heavy (non-hydrogen) atoms. The van der Waals surface area contributed by atoms with Gasteiger partial charge in [-0.05, 0) is 68.1 Å². The molecule has 7 atom stereocenters. The predicted octanol–water partition coefficient (Wildman–Crippen LogP) is 2.29. The lowest BCUT2D eigenvalue weighted by Gasteiger charge is -2.54. The molecule has 3 N–H and O–H groups in total. The molecular weight excluding hydrogens is 292 g/mol. The minimum atomic E-state index is -0.429. The van der Waals surface area contributed by atoms with Crippen LogP contribution in [0.4, 0.5) is 0 Å². The van der Waals surface area contributed by atoms with Gasteiger partial charge < -0.3 is 15.3 Å². The molecule has 4 nitrogen and oxygen atoms in total. The Labute approximate surface area is 139 Å². The van der Waals surface area contributed by atoms with Crippen LogP contribution in [0.3, 0.4) is 0 Å². The van der Waals surface area contributed by atoms with Crippen molar-refractivity contribution in [2.75, 3.05) is 6.61 Å². The third-order valence-electron chi connectivity index (χ3n) is 7.77. The van der Waals surface area contributed by atoms with E-state index in [1.165, 1.54) is 0 Å². The van der Waals surface area contributed by atoms with E-state index in [0.29, 0.717) is 18.6 Å². The van der Waals surface area contributed by atoms with Crippen LogP contribution in [0.5, 0.6) is 0 Å². The Bertz CT molecular complexity index is 464. The summed E-state index contributed by atoms with van der Waals surface area (Å²) in [5, 5.41) is 30.6. The molecule has 0 amide bonds. The molecule has 3 fully saturated rings. The van der Waals surface area contributed by atoms with E-state index >= 15 is 0 Å². The van der Waals surface area contributed by atoms with Crippen molar-refractivity contribution in [3.05, 3.63) is 0 Å². The van der Waals surface area contributed by atoms with Gasteiger partial charge in [0.25, 0.3) is 0 Å². The van der Waals surface area contributed by atoms with Gasteiger partial charge in [0.05, 0.1) is 12.2 Å². The third kappa shape index (κ3) is 2.67. The number of rotatable bonds is 3. The van der Waals surface area contributed by atoms with Gasteiger partial charge in [-0.2, -0.15) is 0 Å². The van der Waals surface area contributed by atoms with E-state index in [0.717, 1.165) is 38.5 Å². The first-order valence-corrected chi connectivity index (χ1v) is 9.33. The summed E-state index contributed by atoms with van der Waals surface area (Å²) in [5.74, 6) is 0.844. The molecule has 0 heterocycles. The lowest BCUT2D eigenvalue weighted by Crippen LogP contribution is -2.53. The molecule has 0 aliphatic heterocycles. The SMILES string of the molecule is C[C@]1(C2CC[C@]3(C)C(=O)CCC3[C@@H]2O)CC[C@H](O)CC1CCO. The Hall–Kier alpha value is -0.450. The van der Waals surface area contributed by atoms with Crippen molar-refractivity contribution >= 4 is 5.78 Å². The molecule has 0 aromatic heterocycles. The van der Waals surface area contributed by atoms with E-state index in [2.05, 4.69) is 6.92 Å². The minimum absolute atomic E-state index is 0.0473. The summed E-state index contributed by atoms with van der Waals surface area (Å²) in [6.45, 7) is 4.42. The van der Waals surface area contributed by atoms with E-state index in [4.69, 9.17) is 0 Å². The molecule has 4 heteroatoms. The fourth-order valence-corrected chi connectivity index (χ4v) is 6.09. The van der Waals surface area contributed by atoms with Crippen molar-refractivity contribution in [1.29, 1.82) is 0 Å². The van der Waals surface area contributed by atoms with Crippen LogP contribution in [-0.2, 0) is 4.79 Å². The highest BCUT2D eigenvalue weighted by Gasteiger charge is 2.58. The molecule has 0 bridgehead atoms. The zero-order valence-electron chi connectivity index (χ0n) is 14.5. The molecule has 3 aliphatic rings. The number of aliphatic hydroxyl groups excluding tert-OH is 3. The first-order chi connectivity index (χ1) is 10.8. The highest BCUT2D eigenvalue weighted by Crippen LogP contribution is 2.59. The Kier molecular flexibility index (Phi) is 4.63. The number of Topliss-reactive ketones (excluding diaryl/α,β-unsaturated/α-hetero) is 1. The van der Waals surface area contributed by atoms with Gasteiger partial charge in [-0.15, -0.1) is 0 Å². The molecule has 0 aromatic carbocycles. The maximum absolute atomic E-state index is 12.3. The first kappa shape index (κ1) is 17.4. The molecule has 0 radical (unpaired) electrons. The fourth-order valence-electron chi connectivity index (χ4n) is 6.09. The number of carbonyl (C=O) groups is 1. The lowest BCUT2D eigenvalue weighted by molar-refractivity contribution is -0.145. The summed E-state index contributed by atoms with van der Waals surface area (Å²) in [5.41, 5.74) is -0.374. The van der Waals surface area contributed by atoms with Gasteiger partial charge in [-0.25, -0.2) is 0 Å². The molecule has 0 aromatic rings. The monoisotopic (exact) mass is 324 g/mol. The normalized spacial score (nSPS) is 50.8. The molecule has 0 spiro atoms. The van der Waals surface area contributed by atoms with E-state index in [1.807, 2.05) is 6.92 Å². The van der Waals surface area contributed by atoms with Crippen molar-refractivity contribution in [2.45, 2.75) is 77.4 Å². The van der Waals surface area contributed by atoms with Crippen molar-refractivity contribution in [1.82, 2.24) is 0 Å². The van der Waals surface area contributed by atoms with Crippen molar-refractivity contribution in [2.24, 2.45) is 28.6 Å². The second-order valence-corrected chi connectivity index (χ2v) is 8.76. The predicted molar refractivity (Wildman–Crippen MR) is 87.7 cm³/mol. The zero-order chi connectivity index (χ0) is 16.8. The smallest absolute Gasteiger partial charge is 0.139 e. The van der Waals surface area contributed by atoms with E-state index < -0.39 is 6.10 Å². The summed E-state index contributed by atoms with van der Waals surface area (Å²) in [7, 11) is 0. The average Bonchev–Trinajstić information content (AvgIpc) is 2.80. The minimum Gasteiger partial charge on any atom is -0.396 e. The molecule has 3 aliphatic carbocycles. The number of fused-ring (bicyclic) bond motifs is 1. The molecule has 132 valence electrons. The summed E-state index contributed by atoms with van der Waals surface area (Å²) < 4.78 is 0. The first-order valence-electron chi connectivity index (χ1n) is 9.33. The quantitative estimate of drug-likeness (QED) is 0.744. The van der Waals surface area contributed by atoms with E-state index in [9.17, 15) is 20.1 Å².